The molecule has 130 valence electrons. The number of anilines is 1. The first-order valence-electron chi connectivity index (χ1n) is 8.40. The Bertz CT molecular complexity index is 749. The summed E-state index contributed by atoms with van der Waals surface area (Å²) < 4.78 is 0. The smallest absolute Gasteiger partial charge is 0.354 e. The first-order chi connectivity index (χ1) is 12.1. The molecule has 3 rings (SSSR count). The van der Waals surface area contributed by atoms with Gasteiger partial charge in [-0.25, -0.2) is 9.78 Å². The van der Waals surface area contributed by atoms with Crippen LogP contribution in [0.2, 0.25) is 0 Å². The highest BCUT2D eigenvalue weighted by Gasteiger charge is 2.24. The van der Waals surface area contributed by atoms with Gasteiger partial charge in [0, 0.05) is 19.1 Å². The van der Waals surface area contributed by atoms with Gasteiger partial charge in [-0.15, -0.1) is 0 Å². The average molecular weight is 339 g/mol. The van der Waals surface area contributed by atoms with Gasteiger partial charge in [-0.3, -0.25) is 4.79 Å². The maximum Gasteiger partial charge on any atom is 0.354 e. The van der Waals surface area contributed by atoms with Crippen molar-refractivity contribution in [3.8, 4) is 0 Å². The molecule has 6 heteroatoms. The number of nitrogens with zero attached hydrogens (tertiary/aromatic N) is 2. The fourth-order valence-electron chi connectivity index (χ4n) is 3.05. The van der Waals surface area contributed by atoms with Gasteiger partial charge < -0.3 is 15.3 Å². The zero-order valence-corrected chi connectivity index (χ0v) is 13.9. The number of nitrogens with one attached hydrogen (secondary N) is 1. The number of hydrogen-bond acceptors (Lipinski definition) is 4. The lowest BCUT2D eigenvalue weighted by molar-refractivity contribution is -0.131. The van der Waals surface area contributed by atoms with Crippen molar-refractivity contribution < 1.29 is 14.7 Å². The van der Waals surface area contributed by atoms with E-state index in [1.807, 2.05) is 35.2 Å². The fourth-order valence-corrected chi connectivity index (χ4v) is 3.05. The number of pyridine rings is 1. The molecule has 0 spiro atoms. The number of aromatic nitrogens is 1. The maximum atomic E-state index is 12.5. The lowest BCUT2D eigenvalue weighted by Gasteiger charge is -2.33. The molecule has 1 aliphatic rings. The molecule has 1 saturated heterocycles. The summed E-state index contributed by atoms with van der Waals surface area (Å²) in [5.74, 6) is -0.404. The molecule has 1 unspecified atom stereocenters. The molecule has 1 aromatic heterocycles. The number of piperidine rings is 1. The predicted octanol–water partition coefficient (Wildman–Crippen LogP) is 2.43. The van der Waals surface area contributed by atoms with Crippen LogP contribution in [0.1, 0.15) is 28.9 Å². The first kappa shape index (κ1) is 17.0. The van der Waals surface area contributed by atoms with E-state index in [-0.39, 0.29) is 17.6 Å². The Kier molecular flexibility index (Phi) is 5.28. The minimum Gasteiger partial charge on any atom is -0.477 e. The molecule has 2 aromatic rings. The molecule has 25 heavy (non-hydrogen) atoms. The predicted molar refractivity (Wildman–Crippen MR) is 94.6 cm³/mol. The van der Waals surface area contributed by atoms with Crippen molar-refractivity contribution in [3.05, 3.63) is 59.8 Å². The highest BCUT2D eigenvalue weighted by Crippen LogP contribution is 2.16. The van der Waals surface area contributed by atoms with E-state index in [0.717, 1.165) is 24.9 Å². The molecule has 1 aromatic carbocycles. The number of benzene rings is 1. The fraction of sp³-hybridized carbons (Fsp3) is 0.316. The van der Waals surface area contributed by atoms with Gasteiger partial charge in [0.25, 0.3) is 0 Å². The second-order valence-electron chi connectivity index (χ2n) is 6.20. The van der Waals surface area contributed by atoms with E-state index >= 15 is 0 Å². The molecule has 2 heterocycles. The van der Waals surface area contributed by atoms with Crippen LogP contribution in [-0.4, -0.2) is 46.0 Å². The van der Waals surface area contributed by atoms with Crippen molar-refractivity contribution in [2.24, 2.45) is 0 Å². The van der Waals surface area contributed by atoms with Gasteiger partial charge in [-0.1, -0.05) is 36.4 Å². The lowest BCUT2D eigenvalue weighted by Crippen LogP contribution is -2.45. The number of carbonyl (C=O) groups excluding carboxylic acids is 1. The molecule has 0 bridgehead atoms. The van der Waals surface area contributed by atoms with Crippen LogP contribution in [0.4, 0.5) is 5.82 Å². The Hall–Kier alpha value is -2.89. The number of hydrogen-bond donors (Lipinski definition) is 2. The van der Waals surface area contributed by atoms with Crippen molar-refractivity contribution in [1.82, 2.24) is 9.88 Å². The molecule has 1 amide bonds. The van der Waals surface area contributed by atoms with Gasteiger partial charge in [0.2, 0.25) is 5.91 Å². The Balaban J connectivity index is 1.60. The molecule has 1 aliphatic heterocycles. The molecular weight excluding hydrogens is 318 g/mol. The van der Waals surface area contributed by atoms with E-state index in [4.69, 9.17) is 5.11 Å². The van der Waals surface area contributed by atoms with Crippen LogP contribution in [0.15, 0.2) is 48.5 Å². The summed E-state index contributed by atoms with van der Waals surface area (Å²) in [5, 5.41) is 12.3. The SMILES string of the molecule is O=C(O)c1cccc(NC2CCCN(C(=O)Cc3ccccc3)C2)n1. The quantitative estimate of drug-likeness (QED) is 0.874. The number of likely N-dealkylation sites (tertiary alicyclic amines) is 1. The molecule has 0 radical (unpaired) electrons. The summed E-state index contributed by atoms with van der Waals surface area (Å²) in [5.41, 5.74) is 1.02. The lowest BCUT2D eigenvalue weighted by atomic mass is 10.0. The first-order valence-corrected chi connectivity index (χ1v) is 8.40. The van der Waals surface area contributed by atoms with Crippen molar-refractivity contribution >= 4 is 17.7 Å². The Morgan fingerprint density at radius 1 is 1.16 bits per heavy atom. The van der Waals surface area contributed by atoms with Crippen molar-refractivity contribution in [3.63, 3.8) is 0 Å². The Morgan fingerprint density at radius 2 is 1.96 bits per heavy atom. The third-order valence-corrected chi connectivity index (χ3v) is 4.29. The van der Waals surface area contributed by atoms with E-state index in [2.05, 4.69) is 10.3 Å². The summed E-state index contributed by atoms with van der Waals surface area (Å²) >= 11 is 0. The number of carbonyl (C=O) groups is 2. The van der Waals surface area contributed by atoms with Gasteiger partial charge in [-0.2, -0.15) is 0 Å². The van der Waals surface area contributed by atoms with Gasteiger partial charge in [0.15, 0.2) is 5.69 Å². The van der Waals surface area contributed by atoms with Crippen LogP contribution < -0.4 is 5.32 Å². The summed E-state index contributed by atoms with van der Waals surface area (Å²) in [6.07, 6.45) is 2.24. The molecule has 0 saturated carbocycles. The minimum absolute atomic E-state index is 0.0119. The Labute approximate surface area is 146 Å². The monoisotopic (exact) mass is 339 g/mol. The number of carboxylic acid groups (broad SMARTS) is 1. The molecule has 2 N–H and O–H groups in total. The third kappa shape index (κ3) is 4.56. The molecular formula is C19H21N3O3. The van der Waals surface area contributed by atoms with E-state index < -0.39 is 5.97 Å². The second kappa shape index (κ2) is 7.79. The maximum absolute atomic E-state index is 12.5. The van der Waals surface area contributed by atoms with Crippen LogP contribution in [-0.2, 0) is 11.2 Å². The zero-order chi connectivity index (χ0) is 17.6. The third-order valence-electron chi connectivity index (χ3n) is 4.29. The van der Waals surface area contributed by atoms with Crippen molar-refractivity contribution in [2.45, 2.75) is 25.3 Å². The van der Waals surface area contributed by atoms with E-state index in [1.54, 1.807) is 12.1 Å². The molecule has 6 nitrogen and oxygen atoms in total. The van der Waals surface area contributed by atoms with Crippen LogP contribution in [0.3, 0.4) is 0 Å². The number of aromatic carboxylic acids is 1. The zero-order valence-electron chi connectivity index (χ0n) is 13.9. The molecule has 1 fully saturated rings. The topological polar surface area (TPSA) is 82.5 Å². The van der Waals surface area contributed by atoms with Crippen LogP contribution in [0, 0.1) is 0 Å². The van der Waals surface area contributed by atoms with Crippen LogP contribution >= 0.6 is 0 Å². The summed E-state index contributed by atoms with van der Waals surface area (Å²) in [6, 6.07) is 14.7. The number of rotatable bonds is 5. The van der Waals surface area contributed by atoms with Crippen molar-refractivity contribution in [1.29, 1.82) is 0 Å². The molecule has 1 atom stereocenters. The van der Waals surface area contributed by atoms with Crippen LogP contribution in [0.25, 0.3) is 0 Å². The minimum atomic E-state index is -1.05. The van der Waals surface area contributed by atoms with E-state index in [9.17, 15) is 9.59 Å². The summed E-state index contributed by atoms with van der Waals surface area (Å²) in [6.45, 7) is 1.36. The van der Waals surface area contributed by atoms with Gasteiger partial charge in [0.1, 0.15) is 5.82 Å². The largest absolute Gasteiger partial charge is 0.477 e. The summed E-state index contributed by atoms with van der Waals surface area (Å²) in [4.78, 5) is 29.5. The Morgan fingerprint density at radius 3 is 2.72 bits per heavy atom. The summed E-state index contributed by atoms with van der Waals surface area (Å²) in [7, 11) is 0. The van der Waals surface area contributed by atoms with Crippen LogP contribution in [0.5, 0.6) is 0 Å². The van der Waals surface area contributed by atoms with Gasteiger partial charge >= 0.3 is 5.97 Å². The van der Waals surface area contributed by atoms with Gasteiger partial charge in [-0.05, 0) is 30.5 Å². The van der Waals surface area contributed by atoms with Crippen molar-refractivity contribution in [2.75, 3.05) is 18.4 Å². The molecule has 0 aliphatic carbocycles. The van der Waals surface area contributed by atoms with E-state index in [1.165, 1.54) is 6.07 Å². The normalized spacial score (nSPS) is 17.1. The standard InChI is InChI=1S/C19H21N3O3/c23-18(12-14-6-2-1-3-7-14)22-11-5-8-15(13-22)20-17-10-4-9-16(21-17)19(24)25/h1-4,6-7,9-10,15H,5,8,11-13H2,(H,20,21)(H,24,25). The highest BCUT2D eigenvalue weighted by molar-refractivity contribution is 5.85. The van der Waals surface area contributed by atoms with Gasteiger partial charge in [0.05, 0.1) is 6.42 Å². The number of amides is 1. The highest BCUT2D eigenvalue weighted by atomic mass is 16.4. The number of carboxylic acids is 1. The second-order valence-corrected chi connectivity index (χ2v) is 6.20. The van der Waals surface area contributed by atoms with E-state index in [0.29, 0.717) is 18.8 Å². The average Bonchev–Trinajstić information content (AvgIpc) is 2.63.